The summed E-state index contributed by atoms with van der Waals surface area (Å²) < 4.78 is 25.1. The second kappa shape index (κ2) is 1.92. The van der Waals surface area contributed by atoms with Crippen LogP contribution in [0.1, 0.15) is 0 Å². The third kappa shape index (κ3) is 1.71. The van der Waals surface area contributed by atoms with Crippen molar-refractivity contribution in [3.63, 3.8) is 0 Å². The molecule has 0 fully saturated rings. The molecule has 0 aliphatic heterocycles. The first-order valence-electron chi connectivity index (χ1n) is 1.26. The molecule has 0 amide bonds. The van der Waals surface area contributed by atoms with Gasteiger partial charge in [-0.1, -0.05) is 0 Å². The Morgan fingerprint density at radius 1 is 1.62 bits per heavy atom. The predicted octanol–water partition coefficient (Wildman–Crippen LogP) is -0.750. The fourth-order valence-electron chi connectivity index (χ4n) is 0.0421. The summed E-state index contributed by atoms with van der Waals surface area (Å²) in [5, 5.41) is 19.8. The molecule has 0 bridgehead atoms. The van der Waals surface area contributed by atoms with E-state index in [-0.39, 0.29) is 0 Å². The van der Waals surface area contributed by atoms with Gasteiger partial charge in [-0.3, -0.25) is 0 Å². The number of nitrogens with zero attached hydrogens (tertiary/aromatic N) is 2. The lowest BCUT2D eigenvalue weighted by atomic mass is 12.9. The van der Waals surface area contributed by atoms with Crippen LogP contribution in [0.5, 0.6) is 0 Å². The summed E-state index contributed by atoms with van der Waals surface area (Å²) in [5.74, 6) is 0. The molecular formula is HN2O5S-. The van der Waals surface area contributed by atoms with E-state index in [1.807, 2.05) is 0 Å². The Balaban J connectivity index is 4.55. The Morgan fingerprint density at radius 2 is 2.00 bits per heavy atom. The third-order valence-electron chi connectivity index (χ3n) is 0.264. The molecule has 0 unspecified atom stereocenters. The van der Waals surface area contributed by atoms with Crippen LogP contribution in [0.15, 0.2) is 5.28 Å². The fourth-order valence-corrected chi connectivity index (χ4v) is 0.126. The van der Waals surface area contributed by atoms with Gasteiger partial charge >= 0.3 is 10.3 Å². The maximum absolute atomic E-state index is 9.44. The van der Waals surface area contributed by atoms with E-state index in [2.05, 4.69) is 0 Å². The molecule has 1 N–H and O–H groups in total. The van der Waals surface area contributed by atoms with E-state index < -0.39 is 14.6 Å². The van der Waals surface area contributed by atoms with Crippen LogP contribution >= 0.6 is 0 Å². The molecule has 0 heterocycles. The van der Waals surface area contributed by atoms with E-state index in [1.165, 1.54) is 5.28 Å². The summed E-state index contributed by atoms with van der Waals surface area (Å²) in [5.41, 5.74) is 0. The summed E-state index contributed by atoms with van der Waals surface area (Å²) in [6.07, 6.45) is 0. The lowest BCUT2D eigenvalue weighted by Crippen LogP contribution is -2.10. The van der Waals surface area contributed by atoms with Gasteiger partial charge in [-0.25, -0.2) is 4.55 Å². The molecule has 0 rings (SSSR count). The van der Waals surface area contributed by atoms with Crippen molar-refractivity contribution in [3.8, 4) is 0 Å². The molecule has 0 aromatic carbocycles. The monoisotopic (exact) mass is 141 g/mol. The first kappa shape index (κ1) is 7.11. The van der Waals surface area contributed by atoms with Gasteiger partial charge in [0.1, 0.15) is 0 Å². The average Bonchev–Trinajstić information content (AvgIpc) is 1.62. The van der Waals surface area contributed by atoms with Crippen molar-refractivity contribution in [2.24, 2.45) is 5.28 Å². The molecule has 7 nitrogen and oxygen atoms in total. The molecule has 0 radical (unpaired) electrons. The van der Waals surface area contributed by atoms with Gasteiger partial charge in [-0.15, -0.1) is 8.42 Å². The normalized spacial score (nSPS) is 13.9. The summed E-state index contributed by atoms with van der Waals surface area (Å²) in [6, 6.07) is 0. The molecule has 8 heteroatoms. The molecule has 0 saturated heterocycles. The zero-order chi connectivity index (χ0) is 6.78. The SMILES string of the molecule is O=S(=O)(O)/[N+]([O-])=N\[O-]. The van der Waals surface area contributed by atoms with Crippen LogP contribution < -0.4 is 0 Å². The Hall–Kier alpha value is -0.890. The van der Waals surface area contributed by atoms with Crippen molar-refractivity contribution in [1.82, 2.24) is 0 Å². The molecular weight excluding hydrogens is 140 g/mol. The fraction of sp³-hybridized carbons (Fsp3) is 0. The summed E-state index contributed by atoms with van der Waals surface area (Å²) >= 11 is 0. The second-order valence-corrected chi connectivity index (χ2v) is 1.98. The van der Waals surface area contributed by atoms with Crippen LogP contribution in [-0.2, 0) is 10.3 Å². The lowest BCUT2D eigenvalue weighted by molar-refractivity contribution is -0.370. The molecule has 0 spiro atoms. The van der Waals surface area contributed by atoms with Crippen molar-refractivity contribution in [1.29, 1.82) is 0 Å². The van der Waals surface area contributed by atoms with Gasteiger partial charge in [0.25, 0.3) is 0 Å². The first-order chi connectivity index (χ1) is 3.48. The standard InChI is InChI=1S/H2N2O5S/c3-1-2(4)8(5,6)7/h3H,(H,5,6,7)/p-1/b2-1-. The van der Waals surface area contributed by atoms with Gasteiger partial charge in [-0.2, -0.15) is 0 Å². The van der Waals surface area contributed by atoms with Crippen LogP contribution in [0.4, 0.5) is 0 Å². The van der Waals surface area contributed by atoms with E-state index in [4.69, 9.17) is 9.76 Å². The molecule has 0 aliphatic carbocycles. The van der Waals surface area contributed by atoms with Crippen molar-refractivity contribution in [2.75, 3.05) is 0 Å². The third-order valence-corrected chi connectivity index (χ3v) is 0.725. The Morgan fingerprint density at radius 3 is 2.00 bits per heavy atom. The zero-order valence-corrected chi connectivity index (χ0v) is 4.20. The lowest BCUT2D eigenvalue weighted by Gasteiger charge is -1.92. The van der Waals surface area contributed by atoms with Crippen molar-refractivity contribution in [2.45, 2.75) is 0 Å². The predicted molar refractivity (Wildman–Crippen MR) is 21.0 cm³/mol. The van der Waals surface area contributed by atoms with E-state index in [0.29, 0.717) is 0 Å². The van der Waals surface area contributed by atoms with Crippen LogP contribution in [-0.4, -0.2) is 17.2 Å². The molecule has 0 saturated carbocycles. The van der Waals surface area contributed by atoms with E-state index in [9.17, 15) is 13.6 Å². The molecule has 0 atom stereocenters. The smallest absolute Gasteiger partial charge is 0.542 e. The van der Waals surface area contributed by atoms with Crippen molar-refractivity contribution in [3.05, 3.63) is 10.4 Å². The zero-order valence-electron chi connectivity index (χ0n) is 3.38. The first-order valence-corrected chi connectivity index (χ1v) is 2.66. The van der Waals surface area contributed by atoms with E-state index in [1.54, 1.807) is 0 Å². The highest BCUT2D eigenvalue weighted by Gasteiger charge is 2.12. The minimum Gasteiger partial charge on any atom is -0.738 e. The second-order valence-electron chi connectivity index (χ2n) is 0.767. The van der Waals surface area contributed by atoms with Crippen molar-refractivity contribution < 1.29 is 17.2 Å². The highest BCUT2D eigenvalue weighted by atomic mass is 32.2. The number of rotatable bonds is 1. The van der Waals surface area contributed by atoms with Gasteiger partial charge in [-0.05, 0) is 5.28 Å². The Labute approximate surface area is 44.3 Å². The highest BCUT2D eigenvalue weighted by Crippen LogP contribution is 1.82. The molecule has 0 aromatic heterocycles. The van der Waals surface area contributed by atoms with Gasteiger partial charge < -0.3 is 10.4 Å². The summed E-state index contributed by atoms with van der Waals surface area (Å²) in [6.45, 7) is 0. The average molecular weight is 141 g/mol. The van der Waals surface area contributed by atoms with Crippen molar-refractivity contribution >= 4 is 10.3 Å². The van der Waals surface area contributed by atoms with Gasteiger partial charge in [0.15, 0.2) is 0 Å². The maximum Gasteiger partial charge on any atom is 0.542 e. The van der Waals surface area contributed by atoms with Crippen LogP contribution in [0.3, 0.4) is 0 Å². The molecule has 8 heavy (non-hydrogen) atoms. The molecule has 0 aliphatic rings. The minimum absolute atomic E-state index is 1.34. The molecule has 48 valence electrons. The van der Waals surface area contributed by atoms with Crippen LogP contribution in [0.25, 0.3) is 0 Å². The largest absolute Gasteiger partial charge is 0.738 e. The highest BCUT2D eigenvalue weighted by molar-refractivity contribution is 7.79. The summed E-state index contributed by atoms with van der Waals surface area (Å²) in [4.78, 5) is 0. The van der Waals surface area contributed by atoms with Gasteiger partial charge in [0.05, 0.1) is 4.27 Å². The number of hydrogen-bond acceptors (Lipinski definition) is 5. The van der Waals surface area contributed by atoms with Crippen LogP contribution in [0.2, 0.25) is 0 Å². The Kier molecular flexibility index (Phi) is 1.71. The quantitative estimate of drug-likeness (QED) is 0.223. The van der Waals surface area contributed by atoms with E-state index >= 15 is 0 Å². The summed E-state index contributed by atoms with van der Waals surface area (Å²) in [7, 11) is -4.95. The van der Waals surface area contributed by atoms with E-state index in [0.717, 1.165) is 0 Å². The maximum atomic E-state index is 9.44. The minimum atomic E-state index is -4.95. The van der Waals surface area contributed by atoms with Gasteiger partial charge in [0, 0.05) is 0 Å². The number of hydrogen-bond donors (Lipinski definition) is 1. The topological polar surface area (TPSA) is 116 Å². The Bertz CT molecular complexity index is 186. The molecule has 0 aromatic rings. The van der Waals surface area contributed by atoms with Gasteiger partial charge in [0.2, 0.25) is 0 Å². The van der Waals surface area contributed by atoms with Crippen LogP contribution in [0, 0.1) is 10.4 Å².